The topological polar surface area (TPSA) is 97.7 Å². The molecule has 35 heavy (non-hydrogen) atoms. The van der Waals surface area contributed by atoms with Gasteiger partial charge in [-0.05, 0) is 30.3 Å². The number of para-hydroxylation sites is 1. The quantitative estimate of drug-likeness (QED) is 0.476. The van der Waals surface area contributed by atoms with Gasteiger partial charge in [-0.15, -0.1) is 0 Å². The van der Waals surface area contributed by atoms with Crippen molar-refractivity contribution in [3.63, 3.8) is 0 Å². The van der Waals surface area contributed by atoms with Crippen molar-refractivity contribution >= 4 is 23.3 Å². The minimum atomic E-state index is -4.77. The van der Waals surface area contributed by atoms with Gasteiger partial charge in [-0.25, -0.2) is 9.18 Å². The van der Waals surface area contributed by atoms with E-state index in [0.717, 1.165) is 12.1 Å². The molecule has 2 aromatic rings. The second kappa shape index (κ2) is 11.1. The summed E-state index contributed by atoms with van der Waals surface area (Å²) in [5, 5.41) is 14.2. The fourth-order valence-electron chi connectivity index (χ4n) is 3.69. The zero-order chi connectivity index (χ0) is 25.6. The highest BCUT2D eigenvalue weighted by molar-refractivity contribution is 5.91. The van der Waals surface area contributed by atoms with Gasteiger partial charge in [0.15, 0.2) is 0 Å². The number of piperazine rings is 1. The molecule has 1 unspecified atom stereocenters. The monoisotopic (exact) mass is 493 g/mol. The number of anilines is 2. The van der Waals surface area contributed by atoms with Crippen LogP contribution in [0.5, 0.6) is 0 Å². The summed E-state index contributed by atoms with van der Waals surface area (Å²) in [6, 6.07) is 8.62. The second-order valence-corrected chi connectivity index (χ2v) is 7.69. The van der Waals surface area contributed by atoms with Crippen molar-refractivity contribution in [1.29, 1.82) is 5.26 Å². The Morgan fingerprint density at radius 2 is 1.94 bits per heavy atom. The molecule has 0 spiro atoms. The number of nitrogens with one attached hydrogen (secondary N) is 2. The fourth-order valence-corrected chi connectivity index (χ4v) is 3.69. The fraction of sp³-hybridized carbons (Fsp3) is 0.348. The van der Waals surface area contributed by atoms with Crippen LogP contribution >= 0.6 is 0 Å². The third kappa shape index (κ3) is 6.19. The molecule has 3 rings (SSSR count). The molecule has 2 N–H and O–H groups in total. The Kier molecular flexibility index (Phi) is 8.14. The Labute approximate surface area is 199 Å². The molecule has 0 aliphatic carbocycles. The number of carbonyl (C=O) groups is 2. The van der Waals surface area contributed by atoms with E-state index in [1.807, 2.05) is 0 Å². The van der Waals surface area contributed by atoms with Crippen molar-refractivity contribution < 1.29 is 31.9 Å². The molecule has 1 aliphatic heterocycles. The van der Waals surface area contributed by atoms with E-state index >= 15 is 0 Å². The van der Waals surface area contributed by atoms with E-state index in [-0.39, 0.29) is 44.2 Å². The summed E-state index contributed by atoms with van der Waals surface area (Å²) in [4.78, 5) is 28.4. The number of alkyl halides is 3. The average Bonchev–Trinajstić information content (AvgIpc) is 2.84. The number of benzene rings is 2. The lowest BCUT2D eigenvalue weighted by Gasteiger charge is -2.42. The van der Waals surface area contributed by atoms with E-state index in [4.69, 9.17) is 10.00 Å². The summed E-state index contributed by atoms with van der Waals surface area (Å²) in [5.74, 6) is -1.16. The second-order valence-electron chi connectivity index (χ2n) is 7.69. The highest BCUT2D eigenvalue weighted by Crippen LogP contribution is 2.35. The van der Waals surface area contributed by atoms with Crippen LogP contribution in [-0.2, 0) is 15.7 Å². The van der Waals surface area contributed by atoms with Gasteiger partial charge in [0.2, 0.25) is 5.91 Å². The van der Waals surface area contributed by atoms with Crippen LogP contribution in [0.3, 0.4) is 0 Å². The summed E-state index contributed by atoms with van der Waals surface area (Å²) in [7, 11) is 1.45. The average molecular weight is 493 g/mol. The number of rotatable bonds is 6. The Balaban J connectivity index is 1.87. The molecule has 2 aromatic carbocycles. The molecule has 1 heterocycles. The maximum absolute atomic E-state index is 13.9. The van der Waals surface area contributed by atoms with Gasteiger partial charge < -0.3 is 25.2 Å². The number of nitriles is 1. The van der Waals surface area contributed by atoms with Crippen LogP contribution in [0.2, 0.25) is 0 Å². The summed E-state index contributed by atoms with van der Waals surface area (Å²) in [6.07, 6.45) is -4.77. The first-order chi connectivity index (χ1) is 16.7. The summed E-state index contributed by atoms with van der Waals surface area (Å²) in [5.41, 5.74) is -1.61. The Morgan fingerprint density at radius 3 is 2.60 bits per heavy atom. The number of hydrogen-bond donors (Lipinski definition) is 2. The van der Waals surface area contributed by atoms with Crippen LogP contribution in [-0.4, -0.2) is 62.8 Å². The van der Waals surface area contributed by atoms with E-state index < -0.39 is 41.1 Å². The predicted octanol–water partition coefficient (Wildman–Crippen LogP) is 3.20. The maximum atomic E-state index is 13.9. The highest BCUT2D eigenvalue weighted by atomic mass is 19.4. The van der Waals surface area contributed by atoms with Crippen molar-refractivity contribution in [1.82, 2.24) is 10.2 Å². The molecule has 1 saturated heterocycles. The van der Waals surface area contributed by atoms with Gasteiger partial charge in [0.25, 0.3) is 0 Å². The van der Waals surface area contributed by atoms with Gasteiger partial charge in [0.05, 0.1) is 36.0 Å². The summed E-state index contributed by atoms with van der Waals surface area (Å²) in [6.45, 7) is 0.285. The van der Waals surface area contributed by atoms with Crippen molar-refractivity contribution in [3.05, 3.63) is 59.4 Å². The van der Waals surface area contributed by atoms with Crippen LogP contribution in [0.15, 0.2) is 42.5 Å². The normalized spacial score (nSPS) is 15.9. The Hall–Kier alpha value is -3.85. The van der Waals surface area contributed by atoms with E-state index in [1.165, 1.54) is 47.2 Å². The van der Waals surface area contributed by atoms with Crippen molar-refractivity contribution in [2.75, 3.05) is 50.1 Å². The first-order valence-corrected chi connectivity index (χ1v) is 10.6. The number of nitrogens with zero attached hydrogens (tertiary/aromatic N) is 3. The lowest BCUT2D eigenvalue weighted by Crippen LogP contribution is -2.61. The first kappa shape index (κ1) is 25.8. The molecule has 0 aromatic heterocycles. The van der Waals surface area contributed by atoms with Crippen LogP contribution in [0.1, 0.15) is 11.1 Å². The van der Waals surface area contributed by atoms with Crippen molar-refractivity contribution in [3.8, 4) is 6.07 Å². The molecule has 1 atom stereocenters. The van der Waals surface area contributed by atoms with Gasteiger partial charge in [-0.1, -0.05) is 12.1 Å². The Bertz CT molecular complexity index is 1120. The van der Waals surface area contributed by atoms with E-state index in [0.29, 0.717) is 0 Å². The third-order valence-corrected chi connectivity index (χ3v) is 5.45. The Morgan fingerprint density at radius 1 is 1.20 bits per heavy atom. The van der Waals surface area contributed by atoms with Crippen molar-refractivity contribution in [2.24, 2.45) is 0 Å². The van der Waals surface area contributed by atoms with Gasteiger partial charge >= 0.3 is 12.2 Å². The molecule has 3 amide bonds. The van der Waals surface area contributed by atoms with E-state index in [9.17, 15) is 27.2 Å². The van der Waals surface area contributed by atoms with Gasteiger partial charge in [-0.2, -0.15) is 18.4 Å². The smallest absolute Gasteiger partial charge is 0.383 e. The third-order valence-electron chi connectivity index (χ3n) is 5.45. The van der Waals surface area contributed by atoms with E-state index in [1.54, 1.807) is 6.07 Å². The molecule has 186 valence electrons. The molecular formula is C23H23F4N5O3. The number of carbonyl (C=O) groups excluding carboxylic acids is 2. The molecule has 0 saturated carbocycles. The minimum absolute atomic E-state index is 0.0241. The molecule has 0 radical (unpaired) electrons. The van der Waals surface area contributed by atoms with Gasteiger partial charge in [0.1, 0.15) is 11.9 Å². The lowest BCUT2D eigenvalue weighted by molar-refractivity contribution is -0.137. The molecule has 8 nitrogen and oxygen atoms in total. The predicted molar refractivity (Wildman–Crippen MR) is 119 cm³/mol. The van der Waals surface area contributed by atoms with E-state index in [2.05, 4.69) is 10.6 Å². The number of urea groups is 1. The standard InChI is InChI=1S/C23H23F4N5O3/c1-35-11-8-29-21(33)20-14-31(22(34)30-19-5-3-2-4-18(19)24)9-10-32(20)16-7-6-15(13-28)17(12-16)23(25,26)27/h2-7,12,20H,8-11,14H2,1H3,(H,29,33)(H,30,34). The maximum Gasteiger partial charge on any atom is 0.417 e. The number of hydrogen-bond acceptors (Lipinski definition) is 5. The summed E-state index contributed by atoms with van der Waals surface area (Å²) >= 11 is 0. The van der Waals surface area contributed by atoms with Gasteiger partial charge in [-0.3, -0.25) is 4.79 Å². The molecular weight excluding hydrogens is 470 g/mol. The number of amides is 3. The minimum Gasteiger partial charge on any atom is -0.383 e. The van der Waals surface area contributed by atoms with Crippen molar-refractivity contribution in [2.45, 2.75) is 12.2 Å². The number of methoxy groups -OCH3 is 1. The van der Waals surface area contributed by atoms with Crippen LogP contribution in [0.4, 0.5) is 33.7 Å². The largest absolute Gasteiger partial charge is 0.417 e. The lowest BCUT2D eigenvalue weighted by atomic mass is 10.0. The molecule has 1 fully saturated rings. The SMILES string of the molecule is COCCNC(=O)C1CN(C(=O)Nc2ccccc2F)CCN1c1ccc(C#N)c(C(F)(F)F)c1. The molecule has 1 aliphatic rings. The van der Waals surface area contributed by atoms with Crippen LogP contribution in [0, 0.1) is 17.1 Å². The summed E-state index contributed by atoms with van der Waals surface area (Å²) < 4.78 is 59.3. The zero-order valence-electron chi connectivity index (χ0n) is 18.7. The first-order valence-electron chi connectivity index (χ1n) is 10.6. The molecule has 0 bridgehead atoms. The number of halogens is 4. The zero-order valence-corrected chi connectivity index (χ0v) is 18.7. The molecule has 12 heteroatoms. The van der Waals surface area contributed by atoms with Gasteiger partial charge in [0, 0.05) is 32.4 Å². The highest BCUT2D eigenvalue weighted by Gasteiger charge is 2.38. The number of ether oxygens (including phenoxy) is 1. The van der Waals surface area contributed by atoms with Crippen LogP contribution < -0.4 is 15.5 Å². The van der Waals surface area contributed by atoms with Crippen LogP contribution in [0.25, 0.3) is 0 Å².